The molecule has 9 heteroatoms. The minimum atomic E-state index is 0.141. The second-order valence-corrected chi connectivity index (χ2v) is 8.60. The number of carbonyl (C=O) groups excluding carboxylic acids is 1. The summed E-state index contributed by atoms with van der Waals surface area (Å²) in [6.07, 6.45) is 7.47. The predicted octanol–water partition coefficient (Wildman–Crippen LogP) is 5.32. The van der Waals surface area contributed by atoms with Crippen LogP contribution in [0.5, 0.6) is 0 Å². The largest absolute Gasteiger partial charge is 0.338 e. The van der Waals surface area contributed by atoms with E-state index in [9.17, 15) is 4.79 Å². The van der Waals surface area contributed by atoms with Crippen molar-refractivity contribution in [2.24, 2.45) is 7.05 Å². The maximum atomic E-state index is 12.2. The number of benzene rings is 2. The van der Waals surface area contributed by atoms with Crippen molar-refractivity contribution in [3.8, 4) is 11.4 Å². The Morgan fingerprint density at radius 1 is 1.03 bits per heavy atom. The number of hydrogen-bond donors (Lipinski definition) is 2. The van der Waals surface area contributed by atoms with Gasteiger partial charge in [-0.3, -0.25) is 4.79 Å². The number of halogens is 1. The molecule has 1 aliphatic rings. The number of fused-ring (bicyclic) bond motifs is 1. The van der Waals surface area contributed by atoms with Crippen molar-refractivity contribution in [3.63, 3.8) is 0 Å². The smallest absolute Gasteiger partial charge is 0.229 e. The molecule has 1 aliphatic heterocycles. The highest BCUT2D eigenvalue weighted by molar-refractivity contribution is 6.33. The lowest BCUT2D eigenvalue weighted by Gasteiger charge is -2.18. The van der Waals surface area contributed by atoms with Crippen LogP contribution in [0.15, 0.2) is 61.1 Å². The molecule has 2 N–H and O–H groups in total. The first-order valence-corrected chi connectivity index (χ1v) is 11.4. The first-order chi connectivity index (χ1) is 16.5. The molecular formula is C25H24ClN7O. The first kappa shape index (κ1) is 21.9. The van der Waals surface area contributed by atoms with Gasteiger partial charge < -0.3 is 20.1 Å². The third-order valence-electron chi connectivity index (χ3n) is 5.89. The van der Waals surface area contributed by atoms with Crippen molar-refractivity contribution >= 4 is 46.3 Å². The van der Waals surface area contributed by atoms with Crippen LogP contribution in [0, 0.1) is 0 Å². The van der Waals surface area contributed by atoms with Gasteiger partial charge in [0, 0.05) is 49.8 Å². The van der Waals surface area contributed by atoms with Gasteiger partial charge in [-0.05, 0) is 48.7 Å². The Morgan fingerprint density at radius 3 is 2.71 bits per heavy atom. The molecule has 0 atom stereocenters. The topological polar surface area (TPSA) is 88.0 Å². The second-order valence-electron chi connectivity index (χ2n) is 8.20. The molecule has 0 saturated heterocycles. The summed E-state index contributed by atoms with van der Waals surface area (Å²) >= 11 is 6.43. The van der Waals surface area contributed by atoms with E-state index in [2.05, 4.69) is 25.6 Å². The van der Waals surface area contributed by atoms with E-state index in [0.717, 1.165) is 46.9 Å². The lowest BCUT2D eigenvalue weighted by molar-refractivity contribution is -0.118. The van der Waals surface area contributed by atoms with Crippen LogP contribution in [-0.2, 0) is 18.3 Å². The van der Waals surface area contributed by atoms with Crippen molar-refractivity contribution in [1.82, 2.24) is 19.5 Å². The monoisotopic (exact) mass is 473 g/mol. The van der Waals surface area contributed by atoms with Crippen LogP contribution in [0.1, 0.15) is 18.4 Å². The third-order valence-corrected chi connectivity index (χ3v) is 6.17. The van der Waals surface area contributed by atoms with Crippen LogP contribution >= 0.6 is 11.6 Å². The van der Waals surface area contributed by atoms with E-state index in [1.54, 1.807) is 17.3 Å². The Labute approximate surface area is 202 Å². The number of hydrogen-bond acceptors (Lipinski definition) is 6. The number of anilines is 5. The highest BCUT2D eigenvalue weighted by Gasteiger charge is 2.19. The lowest BCUT2D eigenvalue weighted by Crippen LogP contribution is -2.24. The van der Waals surface area contributed by atoms with Crippen molar-refractivity contribution in [1.29, 1.82) is 0 Å². The Kier molecular flexibility index (Phi) is 5.90. The average molecular weight is 474 g/mol. The quantitative estimate of drug-likeness (QED) is 0.408. The van der Waals surface area contributed by atoms with E-state index in [1.807, 2.05) is 67.3 Å². The fourth-order valence-electron chi connectivity index (χ4n) is 4.11. The zero-order valence-electron chi connectivity index (χ0n) is 18.9. The van der Waals surface area contributed by atoms with Crippen LogP contribution in [0.3, 0.4) is 0 Å². The average Bonchev–Trinajstić information content (AvgIpc) is 3.21. The molecule has 0 unspecified atom stereocenters. The molecule has 0 radical (unpaired) electrons. The molecule has 2 aromatic heterocycles. The summed E-state index contributed by atoms with van der Waals surface area (Å²) in [6.45, 7) is 0. The minimum Gasteiger partial charge on any atom is -0.338 e. The lowest BCUT2D eigenvalue weighted by atomic mass is 10.1. The molecule has 0 bridgehead atoms. The standard InChI is InChI=1S/C25H24ClN7O/c1-32-13-12-27-24(32)18-7-3-4-8-20(18)30-23-19(26)15-28-25(31-23)29-17-10-11-21-16(14-17)6-5-9-22(34)33(21)2/h3-4,7-8,10-15H,5-6,9H2,1-2H3,(H2,28,29,30,31). The van der Waals surface area contributed by atoms with Gasteiger partial charge >= 0.3 is 0 Å². The molecule has 3 heterocycles. The highest BCUT2D eigenvalue weighted by atomic mass is 35.5. The van der Waals surface area contributed by atoms with Gasteiger partial charge in [-0.2, -0.15) is 4.98 Å². The molecule has 4 aromatic rings. The van der Waals surface area contributed by atoms with Gasteiger partial charge in [-0.1, -0.05) is 23.7 Å². The van der Waals surface area contributed by atoms with Crippen molar-refractivity contribution in [2.45, 2.75) is 19.3 Å². The number of aryl methyl sites for hydroxylation is 2. The Morgan fingerprint density at radius 2 is 1.88 bits per heavy atom. The Bertz CT molecular complexity index is 1370. The summed E-state index contributed by atoms with van der Waals surface area (Å²) in [5.74, 6) is 1.88. The minimum absolute atomic E-state index is 0.141. The van der Waals surface area contributed by atoms with E-state index in [1.165, 1.54) is 0 Å². The van der Waals surface area contributed by atoms with Gasteiger partial charge in [0.2, 0.25) is 11.9 Å². The first-order valence-electron chi connectivity index (χ1n) is 11.0. The summed E-state index contributed by atoms with van der Waals surface area (Å²) in [6, 6.07) is 13.8. The molecule has 0 spiro atoms. The van der Waals surface area contributed by atoms with Crippen molar-refractivity contribution in [3.05, 3.63) is 71.6 Å². The molecular weight excluding hydrogens is 450 g/mol. The molecule has 8 nitrogen and oxygen atoms in total. The van der Waals surface area contributed by atoms with Crippen LogP contribution in [0.4, 0.5) is 28.8 Å². The summed E-state index contributed by atoms with van der Waals surface area (Å²) in [5, 5.41) is 7.00. The van der Waals surface area contributed by atoms with E-state index in [0.29, 0.717) is 23.2 Å². The fourth-order valence-corrected chi connectivity index (χ4v) is 4.25. The van der Waals surface area contributed by atoms with Gasteiger partial charge in [0.25, 0.3) is 0 Å². The molecule has 34 heavy (non-hydrogen) atoms. The summed E-state index contributed by atoms with van der Waals surface area (Å²) in [4.78, 5) is 27.3. The van der Waals surface area contributed by atoms with Gasteiger partial charge in [0.1, 0.15) is 10.8 Å². The Balaban J connectivity index is 1.41. The highest BCUT2D eigenvalue weighted by Crippen LogP contribution is 2.32. The molecule has 5 rings (SSSR count). The maximum absolute atomic E-state index is 12.2. The third kappa shape index (κ3) is 4.32. The number of aromatic nitrogens is 4. The number of amides is 1. The van der Waals surface area contributed by atoms with Crippen molar-refractivity contribution < 1.29 is 4.79 Å². The SMILES string of the molecule is CN1C(=O)CCCc2cc(Nc3ncc(Cl)c(Nc4ccccc4-c4nccn4C)n3)ccc21. The number of nitrogens with zero attached hydrogens (tertiary/aromatic N) is 5. The number of imidazole rings is 1. The fraction of sp³-hybridized carbons (Fsp3) is 0.200. The molecule has 0 saturated carbocycles. The van der Waals surface area contributed by atoms with Gasteiger partial charge in [-0.25, -0.2) is 9.97 Å². The zero-order chi connectivity index (χ0) is 23.7. The molecule has 0 fully saturated rings. The van der Waals surface area contributed by atoms with E-state index in [-0.39, 0.29) is 5.91 Å². The summed E-state index contributed by atoms with van der Waals surface area (Å²) in [5.41, 5.74) is 4.68. The van der Waals surface area contributed by atoms with E-state index >= 15 is 0 Å². The summed E-state index contributed by atoms with van der Waals surface area (Å²) < 4.78 is 1.96. The van der Waals surface area contributed by atoms with Crippen LogP contribution < -0.4 is 15.5 Å². The normalized spacial score (nSPS) is 13.4. The van der Waals surface area contributed by atoms with E-state index in [4.69, 9.17) is 11.6 Å². The second kappa shape index (κ2) is 9.15. The zero-order valence-corrected chi connectivity index (χ0v) is 19.7. The number of para-hydroxylation sites is 1. The summed E-state index contributed by atoms with van der Waals surface area (Å²) in [7, 11) is 3.77. The maximum Gasteiger partial charge on any atom is 0.229 e. The number of rotatable bonds is 5. The Hall–Kier alpha value is -3.91. The van der Waals surface area contributed by atoms with Gasteiger partial charge in [0.15, 0.2) is 5.82 Å². The molecule has 1 amide bonds. The number of carbonyl (C=O) groups is 1. The van der Waals surface area contributed by atoms with Gasteiger partial charge in [-0.15, -0.1) is 0 Å². The van der Waals surface area contributed by atoms with Crippen LogP contribution in [0.25, 0.3) is 11.4 Å². The van der Waals surface area contributed by atoms with Gasteiger partial charge in [0.05, 0.1) is 11.9 Å². The van der Waals surface area contributed by atoms with Crippen LogP contribution in [0.2, 0.25) is 5.02 Å². The van der Waals surface area contributed by atoms with E-state index < -0.39 is 0 Å². The van der Waals surface area contributed by atoms with Crippen molar-refractivity contribution in [2.75, 3.05) is 22.6 Å². The predicted molar refractivity (Wildman–Crippen MR) is 135 cm³/mol. The molecule has 2 aromatic carbocycles. The van der Waals surface area contributed by atoms with Crippen LogP contribution in [-0.4, -0.2) is 32.5 Å². The number of nitrogens with one attached hydrogen (secondary N) is 2. The molecule has 0 aliphatic carbocycles. The molecule has 172 valence electrons.